The molecule has 0 bridgehead atoms. The first-order chi connectivity index (χ1) is 12.3. The number of piperidine rings is 1. The van der Waals surface area contributed by atoms with E-state index in [1.165, 1.54) is 0 Å². The molecule has 0 aromatic carbocycles. The van der Waals surface area contributed by atoms with Gasteiger partial charge in [-0.05, 0) is 26.7 Å². The van der Waals surface area contributed by atoms with Crippen molar-refractivity contribution in [1.29, 1.82) is 0 Å². The van der Waals surface area contributed by atoms with Crippen molar-refractivity contribution >= 4 is 35.9 Å². The maximum Gasteiger partial charge on any atom is 0.309 e. The monoisotopic (exact) mass is 493 g/mol. The number of carbonyl (C=O) groups is 1. The van der Waals surface area contributed by atoms with Gasteiger partial charge in [-0.25, -0.2) is 4.99 Å². The number of rotatable bonds is 5. The molecule has 1 fully saturated rings. The number of nitrogens with zero attached hydrogens (tertiary/aromatic N) is 4. The lowest BCUT2D eigenvalue weighted by Gasteiger charge is -2.33. The lowest BCUT2D eigenvalue weighted by atomic mass is 9.97. The number of nitrogens with one attached hydrogen (secondary N) is 1. The molecular weight excluding hydrogens is 461 g/mol. The number of esters is 1. The van der Waals surface area contributed by atoms with Crippen molar-refractivity contribution in [2.24, 2.45) is 10.9 Å². The molecule has 8 nitrogen and oxygen atoms in total. The van der Waals surface area contributed by atoms with Gasteiger partial charge in [0.25, 0.3) is 0 Å². The molecule has 0 amide bonds. The van der Waals surface area contributed by atoms with Crippen molar-refractivity contribution in [3.05, 3.63) is 11.7 Å². The van der Waals surface area contributed by atoms with Crippen LogP contribution in [-0.4, -0.2) is 53.2 Å². The summed E-state index contributed by atoms with van der Waals surface area (Å²) in [6.07, 6.45) is 1.55. The summed E-state index contributed by atoms with van der Waals surface area (Å²) >= 11 is 0. The van der Waals surface area contributed by atoms with E-state index in [0.29, 0.717) is 24.9 Å². The zero-order chi connectivity index (χ0) is 19.2. The van der Waals surface area contributed by atoms with Crippen LogP contribution >= 0.6 is 24.0 Å². The molecule has 1 aromatic rings. The fourth-order valence-electron chi connectivity index (χ4n) is 2.78. The van der Waals surface area contributed by atoms with Crippen molar-refractivity contribution < 1.29 is 14.1 Å². The van der Waals surface area contributed by atoms with Crippen molar-refractivity contribution in [3.8, 4) is 0 Å². The van der Waals surface area contributed by atoms with Crippen molar-refractivity contribution in [1.82, 2.24) is 20.4 Å². The average Bonchev–Trinajstić information content (AvgIpc) is 3.08. The predicted octanol–water partition coefficient (Wildman–Crippen LogP) is 2.73. The van der Waals surface area contributed by atoms with Crippen LogP contribution < -0.4 is 5.32 Å². The van der Waals surface area contributed by atoms with E-state index in [0.717, 1.165) is 38.4 Å². The minimum Gasteiger partial charge on any atom is -0.466 e. The van der Waals surface area contributed by atoms with E-state index < -0.39 is 0 Å². The van der Waals surface area contributed by atoms with Crippen LogP contribution in [0.1, 0.15) is 59.2 Å². The first-order valence-corrected chi connectivity index (χ1v) is 9.38. The maximum absolute atomic E-state index is 11.9. The number of hydrogen-bond donors (Lipinski definition) is 1. The molecule has 9 heteroatoms. The van der Waals surface area contributed by atoms with E-state index in [4.69, 9.17) is 9.26 Å². The summed E-state index contributed by atoms with van der Waals surface area (Å²) in [5.41, 5.74) is -0.172. The Morgan fingerprint density at radius 3 is 2.52 bits per heavy atom. The highest BCUT2D eigenvalue weighted by molar-refractivity contribution is 14.0. The first-order valence-electron chi connectivity index (χ1n) is 9.38. The van der Waals surface area contributed by atoms with Crippen LogP contribution in [0.2, 0.25) is 0 Å². The predicted molar refractivity (Wildman–Crippen MR) is 114 cm³/mol. The van der Waals surface area contributed by atoms with Gasteiger partial charge in [0.15, 0.2) is 11.8 Å². The summed E-state index contributed by atoms with van der Waals surface area (Å²) in [7, 11) is 0. The highest BCUT2D eigenvalue weighted by Gasteiger charge is 2.27. The molecule has 2 rings (SSSR count). The van der Waals surface area contributed by atoms with Gasteiger partial charge < -0.3 is 19.5 Å². The minimum absolute atomic E-state index is 0. The number of carbonyl (C=O) groups excluding carboxylic acids is 1. The molecule has 1 aliphatic heterocycles. The number of likely N-dealkylation sites (tertiary alicyclic amines) is 1. The Labute approximate surface area is 178 Å². The summed E-state index contributed by atoms with van der Waals surface area (Å²) in [4.78, 5) is 23.1. The van der Waals surface area contributed by atoms with Crippen LogP contribution in [-0.2, 0) is 21.5 Å². The van der Waals surface area contributed by atoms with Gasteiger partial charge in [-0.15, -0.1) is 24.0 Å². The van der Waals surface area contributed by atoms with Gasteiger partial charge in [0, 0.05) is 25.0 Å². The second kappa shape index (κ2) is 10.8. The Hall–Kier alpha value is -1.39. The number of aliphatic imine (C=N–C) groups is 1. The second-order valence-electron chi connectivity index (χ2n) is 7.45. The summed E-state index contributed by atoms with van der Waals surface area (Å²) in [5, 5.41) is 7.32. The Bertz CT molecular complexity index is 619. The molecule has 1 aliphatic rings. The zero-order valence-corrected chi connectivity index (χ0v) is 19.3. The van der Waals surface area contributed by atoms with Gasteiger partial charge in [0.05, 0.1) is 12.5 Å². The molecular formula is C18H32IN5O3. The number of ether oxygens (including phenoxy) is 1. The number of guanidine groups is 1. The van der Waals surface area contributed by atoms with Gasteiger partial charge >= 0.3 is 5.97 Å². The molecule has 0 saturated carbocycles. The molecule has 0 spiro atoms. The van der Waals surface area contributed by atoms with E-state index in [1.807, 2.05) is 34.6 Å². The topological polar surface area (TPSA) is 92.9 Å². The fraction of sp³-hybridized carbons (Fsp3) is 0.778. The number of halogens is 1. The summed E-state index contributed by atoms with van der Waals surface area (Å²) in [6.45, 7) is 13.1. The van der Waals surface area contributed by atoms with Crippen molar-refractivity contribution in [2.45, 2.75) is 59.4 Å². The van der Waals surface area contributed by atoms with E-state index in [-0.39, 0.29) is 41.3 Å². The van der Waals surface area contributed by atoms with Crippen LogP contribution in [0.3, 0.4) is 0 Å². The third-order valence-electron chi connectivity index (χ3n) is 4.23. The lowest BCUT2D eigenvalue weighted by molar-refractivity contribution is -0.149. The quantitative estimate of drug-likeness (QED) is 0.292. The van der Waals surface area contributed by atoms with Gasteiger partial charge in [-0.3, -0.25) is 4.79 Å². The fourth-order valence-corrected chi connectivity index (χ4v) is 2.78. The maximum atomic E-state index is 11.9. The third kappa shape index (κ3) is 6.93. The average molecular weight is 493 g/mol. The Balaban J connectivity index is 0.00000364. The van der Waals surface area contributed by atoms with Crippen LogP contribution in [0.5, 0.6) is 0 Å². The van der Waals surface area contributed by atoms with Gasteiger partial charge in [-0.2, -0.15) is 4.98 Å². The van der Waals surface area contributed by atoms with E-state index in [2.05, 4.69) is 25.3 Å². The summed E-state index contributed by atoms with van der Waals surface area (Å²) < 4.78 is 10.4. The molecule has 0 unspecified atom stereocenters. The number of hydrogen-bond acceptors (Lipinski definition) is 6. The number of aromatic nitrogens is 2. The lowest BCUT2D eigenvalue weighted by Crippen LogP contribution is -2.46. The van der Waals surface area contributed by atoms with Gasteiger partial charge in [0.2, 0.25) is 5.89 Å². The standard InChI is InChI=1S/C18H31N5O3.HI/c1-6-19-17(20-12-14-21-16(26-22-14)18(3,4)5)23-10-8-13(9-11-23)15(24)25-7-2;/h13H,6-12H2,1-5H3,(H,19,20);1H. The molecule has 154 valence electrons. The van der Waals surface area contributed by atoms with Crippen LogP contribution in [0.25, 0.3) is 0 Å². The van der Waals surface area contributed by atoms with Gasteiger partial charge in [0.1, 0.15) is 6.54 Å². The van der Waals surface area contributed by atoms with Crippen LogP contribution in [0.15, 0.2) is 9.52 Å². The first kappa shape index (κ1) is 23.6. The van der Waals surface area contributed by atoms with Crippen molar-refractivity contribution in [3.63, 3.8) is 0 Å². The molecule has 1 N–H and O–H groups in total. The highest BCUT2D eigenvalue weighted by atomic mass is 127. The molecule has 1 aromatic heterocycles. The normalized spacial score (nSPS) is 16.0. The smallest absolute Gasteiger partial charge is 0.309 e. The highest BCUT2D eigenvalue weighted by Crippen LogP contribution is 2.20. The summed E-state index contributed by atoms with van der Waals surface area (Å²) in [5.74, 6) is 1.91. The molecule has 1 saturated heterocycles. The Morgan fingerprint density at radius 2 is 2.00 bits per heavy atom. The van der Waals surface area contributed by atoms with E-state index in [1.54, 1.807) is 0 Å². The zero-order valence-electron chi connectivity index (χ0n) is 16.9. The molecule has 0 radical (unpaired) electrons. The van der Waals surface area contributed by atoms with Gasteiger partial charge in [-0.1, -0.05) is 25.9 Å². The molecule has 0 aliphatic carbocycles. The molecule has 2 heterocycles. The van der Waals surface area contributed by atoms with Crippen molar-refractivity contribution in [2.75, 3.05) is 26.2 Å². The Kier molecular flexibility index (Phi) is 9.48. The largest absolute Gasteiger partial charge is 0.466 e. The van der Waals surface area contributed by atoms with Crippen LogP contribution in [0.4, 0.5) is 0 Å². The van der Waals surface area contributed by atoms with E-state index in [9.17, 15) is 4.79 Å². The van der Waals surface area contributed by atoms with E-state index >= 15 is 0 Å². The third-order valence-corrected chi connectivity index (χ3v) is 4.23. The molecule has 27 heavy (non-hydrogen) atoms. The van der Waals surface area contributed by atoms with Crippen LogP contribution in [0, 0.1) is 5.92 Å². The SMILES string of the molecule is CCNC(=NCc1noc(C(C)(C)C)n1)N1CCC(C(=O)OCC)CC1.I. The minimum atomic E-state index is -0.172. The summed E-state index contributed by atoms with van der Waals surface area (Å²) in [6, 6.07) is 0. The Morgan fingerprint density at radius 1 is 1.33 bits per heavy atom. The second-order valence-corrected chi connectivity index (χ2v) is 7.45. The molecule has 0 atom stereocenters.